The summed E-state index contributed by atoms with van der Waals surface area (Å²) in [6, 6.07) is 5.99. The number of aromatic nitrogens is 1. The third kappa shape index (κ3) is 6.10. The fourth-order valence-electron chi connectivity index (χ4n) is 11.0. The minimum absolute atomic E-state index is 0.00458. The summed E-state index contributed by atoms with van der Waals surface area (Å²) in [7, 11) is 1.52. The van der Waals surface area contributed by atoms with Crippen LogP contribution in [-0.2, 0) is 12.8 Å². The zero-order valence-electron chi connectivity index (χ0n) is 34.0. The quantitative estimate of drug-likeness (QED) is 0.105. The summed E-state index contributed by atoms with van der Waals surface area (Å²) in [5.74, 6) is 6.42. The SMILES string of the molecule is C#CC1(O)CCC2C3CCC4=Cc5oncc5CC4(C)C3CCC21C.COc1c(CC=C(C)C)c2c(c3oc(=O)c(-c4ccc(O)cc4)c(O)c13)C=CC(C)(C)O2. The number of hydrogen-bond donors (Lipinski definition) is 3. The van der Waals surface area contributed by atoms with Crippen molar-refractivity contribution in [3.8, 4) is 46.5 Å². The van der Waals surface area contributed by atoms with Crippen molar-refractivity contribution in [3.63, 3.8) is 0 Å². The summed E-state index contributed by atoms with van der Waals surface area (Å²) in [5.41, 5.74) is 3.84. The lowest BCUT2D eigenvalue weighted by atomic mass is 9.46. The van der Waals surface area contributed by atoms with E-state index in [2.05, 4.69) is 37.1 Å². The number of phenols is 1. The Morgan fingerprint density at radius 3 is 2.51 bits per heavy atom. The number of rotatable bonds is 4. The molecule has 2 aromatic heterocycles. The van der Waals surface area contributed by atoms with Crippen molar-refractivity contribution in [3.05, 3.63) is 86.6 Å². The molecule has 0 radical (unpaired) electrons. The number of aliphatic hydroxyl groups is 1. The third-order valence-electron chi connectivity index (χ3n) is 14.1. The number of methoxy groups -OCH3 is 1. The second-order valence-electron chi connectivity index (χ2n) is 18.0. The molecule has 6 atom stereocenters. The number of hydrogen-bond acceptors (Lipinski definition) is 9. The van der Waals surface area contributed by atoms with E-state index in [1.54, 1.807) is 17.7 Å². The smallest absolute Gasteiger partial charge is 0.348 e. The Morgan fingerprint density at radius 2 is 1.81 bits per heavy atom. The Hall–Kier alpha value is -5.20. The molecule has 3 N–H and O–H groups in total. The van der Waals surface area contributed by atoms with Crippen molar-refractivity contribution >= 4 is 23.1 Å². The molecule has 5 aliphatic rings. The molecule has 3 fully saturated rings. The maximum Gasteiger partial charge on any atom is 0.348 e. The summed E-state index contributed by atoms with van der Waals surface area (Å²) in [6.07, 6.45) is 23.7. The van der Waals surface area contributed by atoms with E-state index in [-0.39, 0.29) is 33.5 Å². The van der Waals surface area contributed by atoms with Gasteiger partial charge in [-0.05, 0) is 138 Å². The first-order valence-corrected chi connectivity index (χ1v) is 20.1. The van der Waals surface area contributed by atoms with Crippen LogP contribution >= 0.6 is 0 Å². The molecule has 9 rings (SSSR count). The number of allylic oxidation sites excluding steroid dienone is 3. The van der Waals surface area contributed by atoms with Crippen LogP contribution in [0.4, 0.5) is 0 Å². The minimum Gasteiger partial charge on any atom is -0.508 e. The van der Waals surface area contributed by atoms with Crippen molar-refractivity contribution in [1.29, 1.82) is 0 Å². The molecule has 0 amide bonds. The van der Waals surface area contributed by atoms with Gasteiger partial charge in [-0.3, -0.25) is 0 Å². The van der Waals surface area contributed by atoms with Gasteiger partial charge in [0.1, 0.15) is 45.1 Å². The molecule has 1 aliphatic heterocycles. The topological polar surface area (TPSA) is 135 Å². The minimum atomic E-state index is -0.909. The van der Waals surface area contributed by atoms with Crippen LogP contribution in [0.1, 0.15) is 103 Å². The van der Waals surface area contributed by atoms with Crippen LogP contribution in [-0.4, -0.2) is 38.8 Å². The second kappa shape index (κ2) is 13.7. The van der Waals surface area contributed by atoms with Crippen LogP contribution in [0.2, 0.25) is 0 Å². The largest absolute Gasteiger partial charge is 0.508 e. The molecule has 3 saturated carbocycles. The molecule has 3 heterocycles. The van der Waals surface area contributed by atoms with E-state index < -0.39 is 16.8 Å². The maximum absolute atomic E-state index is 12.9. The average Bonchev–Trinajstić information content (AvgIpc) is 3.73. The lowest BCUT2D eigenvalue weighted by molar-refractivity contribution is -0.0975. The van der Waals surface area contributed by atoms with Gasteiger partial charge in [0.25, 0.3) is 0 Å². The van der Waals surface area contributed by atoms with E-state index in [0.717, 1.165) is 55.4 Å². The second-order valence-corrected chi connectivity index (χ2v) is 18.0. The first-order valence-electron chi connectivity index (χ1n) is 20.1. The van der Waals surface area contributed by atoms with Gasteiger partial charge in [-0.15, -0.1) is 6.42 Å². The molecule has 298 valence electrons. The summed E-state index contributed by atoms with van der Waals surface area (Å²) in [6.45, 7) is 12.6. The number of aromatic hydroxyl groups is 2. The van der Waals surface area contributed by atoms with Gasteiger partial charge in [0.15, 0.2) is 11.3 Å². The summed E-state index contributed by atoms with van der Waals surface area (Å²) < 4.78 is 23.2. The van der Waals surface area contributed by atoms with Crippen molar-refractivity contribution in [2.45, 2.75) is 104 Å². The van der Waals surface area contributed by atoms with Gasteiger partial charge in [-0.25, -0.2) is 4.79 Å². The number of phenolic OH excluding ortho intramolecular Hbond substituents is 1. The lowest BCUT2D eigenvalue weighted by Crippen LogP contribution is -2.54. The highest BCUT2D eigenvalue weighted by molar-refractivity contribution is 6.02. The number of terminal acetylenes is 1. The molecule has 4 aliphatic carbocycles. The van der Waals surface area contributed by atoms with Gasteiger partial charge in [0, 0.05) is 16.5 Å². The van der Waals surface area contributed by atoms with E-state index in [1.165, 1.54) is 31.2 Å². The van der Waals surface area contributed by atoms with Gasteiger partial charge in [0.05, 0.1) is 18.9 Å². The zero-order valence-corrected chi connectivity index (χ0v) is 34.0. The van der Waals surface area contributed by atoms with Gasteiger partial charge >= 0.3 is 5.63 Å². The number of nitrogens with zero attached hydrogens (tertiary/aromatic N) is 1. The predicted molar refractivity (Wildman–Crippen MR) is 221 cm³/mol. The normalized spacial score (nSPS) is 28.8. The molecule has 4 aromatic rings. The summed E-state index contributed by atoms with van der Waals surface area (Å²) >= 11 is 0. The van der Waals surface area contributed by atoms with Crippen molar-refractivity contribution in [1.82, 2.24) is 5.16 Å². The third-order valence-corrected chi connectivity index (χ3v) is 14.1. The van der Waals surface area contributed by atoms with Crippen LogP contribution in [0.5, 0.6) is 23.0 Å². The molecule has 6 unspecified atom stereocenters. The molecule has 0 bridgehead atoms. The zero-order chi connectivity index (χ0) is 40.7. The molecular formula is C48H53NO8. The highest BCUT2D eigenvalue weighted by Crippen LogP contribution is 2.67. The van der Waals surface area contributed by atoms with Gasteiger partial charge in [0.2, 0.25) is 0 Å². The Morgan fingerprint density at radius 1 is 1.07 bits per heavy atom. The highest BCUT2D eigenvalue weighted by atomic mass is 16.5. The molecular weight excluding hydrogens is 719 g/mol. The van der Waals surface area contributed by atoms with E-state index in [0.29, 0.717) is 52.2 Å². The Balaban J connectivity index is 0.000000164. The van der Waals surface area contributed by atoms with Crippen LogP contribution < -0.4 is 15.1 Å². The number of fused-ring (bicyclic) bond motifs is 9. The van der Waals surface area contributed by atoms with Gasteiger partial charge in [-0.1, -0.05) is 54.3 Å². The fraction of sp³-hybridized carbons (Fsp3) is 0.458. The van der Waals surface area contributed by atoms with Crippen LogP contribution in [0.25, 0.3) is 34.2 Å². The predicted octanol–water partition coefficient (Wildman–Crippen LogP) is 9.79. The van der Waals surface area contributed by atoms with Crippen LogP contribution in [0.3, 0.4) is 0 Å². The fourth-order valence-corrected chi connectivity index (χ4v) is 11.0. The van der Waals surface area contributed by atoms with Crippen molar-refractivity contribution < 1.29 is 33.7 Å². The maximum atomic E-state index is 12.9. The van der Waals surface area contributed by atoms with Crippen molar-refractivity contribution in [2.24, 2.45) is 28.6 Å². The number of ether oxygens (including phenoxy) is 2. The molecule has 9 heteroatoms. The molecule has 57 heavy (non-hydrogen) atoms. The monoisotopic (exact) mass is 771 g/mol. The first kappa shape index (κ1) is 38.7. The van der Waals surface area contributed by atoms with Crippen LogP contribution in [0, 0.1) is 40.9 Å². The molecule has 0 saturated heterocycles. The molecule has 0 spiro atoms. The van der Waals surface area contributed by atoms with E-state index in [4.69, 9.17) is 24.8 Å². The van der Waals surface area contributed by atoms with Gasteiger partial charge < -0.3 is 33.7 Å². The standard InChI is InChI=1S/C26H26O6.C22H27NO2/c1-14(2)6-11-17-22-18(12-13-26(3,4)32-22)24-20(23(17)30-5)21(28)19(25(29)31-24)15-7-9-16(27)10-8-15;1-4-22(24)10-8-18-16-6-5-15-11-19-14(13-23-25-19)12-20(15,2)17(16)7-9-21(18,22)3/h6-10,12-13,27-28H,11H2,1-5H3;1,11,13,16-18,24H,5-10,12H2,2-3H3. The molecule has 9 nitrogen and oxygen atoms in total. The Labute approximate surface area is 334 Å². The van der Waals surface area contributed by atoms with E-state index in [9.17, 15) is 20.1 Å². The van der Waals surface area contributed by atoms with E-state index in [1.807, 2.05) is 46.0 Å². The summed E-state index contributed by atoms with van der Waals surface area (Å²) in [5, 5.41) is 36.3. The number of benzene rings is 2. The average molecular weight is 772 g/mol. The summed E-state index contributed by atoms with van der Waals surface area (Å²) in [4.78, 5) is 12.9. The lowest BCUT2D eigenvalue weighted by Gasteiger charge is -2.58. The first-order chi connectivity index (χ1) is 27.0. The van der Waals surface area contributed by atoms with Crippen molar-refractivity contribution in [2.75, 3.05) is 7.11 Å². The molecule has 2 aromatic carbocycles. The van der Waals surface area contributed by atoms with E-state index >= 15 is 0 Å². The Bertz CT molecular complexity index is 2450. The van der Waals surface area contributed by atoms with Crippen LogP contribution in [0.15, 0.2) is 67.5 Å². The highest BCUT2D eigenvalue weighted by Gasteiger charge is 2.63. The van der Waals surface area contributed by atoms with Gasteiger partial charge in [-0.2, -0.15) is 0 Å². The Kier molecular flexibility index (Phi) is 9.31.